The molecule has 1 N–H and O–H groups in total. The van der Waals surface area contributed by atoms with Gasteiger partial charge in [0.15, 0.2) is 11.0 Å². The van der Waals surface area contributed by atoms with Crippen molar-refractivity contribution in [2.45, 2.75) is 12.8 Å². The number of nitrogens with zero attached hydrogens (tertiary/aromatic N) is 2. The topological polar surface area (TPSA) is 55.1 Å². The van der Waals surface area contributed by atoms with Gasteiger partial charge in [-0.3, -0.25) is 9.36 Å². The van der Waals surface area contributed by atoms with Crippen molar-refractivity contribution >= 4 is 34.2 Å². The van der Waals surface area contributed by atoms with Gasteiger partial charge in [-0.05, 0) is 35.4 Å². The molecule has 110 valence electrons. The van der Waals surface area contributed by atoms with E-state index in [1.165, 1.54) is 16.8 Å². The van der Waals surface area contributed by atoms with Crippen LogP contribution in [0.25, 0.3) is 5.69 Å². The second kappa shape index (κ2) is 6.57. The van der Waals surface area contributed by atoms with Crippen LogP contribution in [0.4, 0.5) is 4.39 Å². The number of allylic oxidation sites excluding steroid dienone is 1. The molecule has 2 aromatic rings. The van der Waals surface area contributed by atoms with Gasteiger partial charge in [-0.1, -0.05) is 17.7 Å². The monoisotopic (exact) mass is 420 g/mol. The van der Waals surface area contributed by atoms with Crippen LogP contribution < -0.4 is 5.56 Å². The van der Waals surface area contributed by atoms with Crippen LogP contribution in [0, 0.1) is 9.39 Å². The second-order valence-electron chi connectivity index (χ2n) is 4.27. The summed E-state index contributed by atoms with van der Waals surface area (Å²) in [6.07, 6.45) is 4.08. The summed E-state index contributed by atoms with van der Waals surface area (Å²) in [7, 11) is 0. The minimum absolute atomic E-state index is 0.0414. The van der Waals surface area contributed by atoms with E-state index < -0.39 is 11.4 Å². The molecule has 0 saturated heterocycles. The Hall–Kier alpha value is -1.41. The molecule has 0 unspecified atom stereocenters. The maximum Gasteiger partial charge on any atom is 0.259 e. The summed E-state index contributed by atoms with van der Waals surface area (Å²) in [5, 5.41) is 9.28. The Morgan fingerprint density at radius 3 is 2.90 bits per heavy atom. The standard InChI is InChI=1S/C14H11ClFIN2O2/c1-2-3-4-8-5-9(20)6-11(21)19(8)13-10(17)7-18-14(15)12(13)16/h2,5-7,20H,1,3-4H2. The highest BCUT2D eigenvalue weighted by Gasteiger charge is 2.18. The normalized spacial score (nSPS) is 10.6. The van der Waals surface area contributed by atoms with Crippen LogP contribution in [0.5, 0.6) is 5.75 Å². The molecule has 21 heavy (non-hydrogen) atoms. The molecule has 7 heteroatoms. The van der Waals surface area contributed by atoms with E-state index in [2.05, 4.69) is 11.6 Å². The quantitative estimate of drug-likeness (QED) is 0.468. The Morgan fingerprint density at radius 2 is 2.24 bits per heavy atom. The summed E-state index contributed by atoms with van der Waals surface area (Å²) in [6.45, 7) is 3.62. The Morgan fingerprint density at radius 1 is 1.52 bits per heavy atom. The van der Waals surface area contributed by atoms with Crippen molar-refractivity contribution < 1.29 is 9.50 Å². The first kappa shape index (κ1) is 16.0. The number of aryl methyl sites for hydroxylation is 1. The van der Waals surface area contributed by atoms with Crippen LogP contribution in [0.1, 0.15) is 12.1 Å². The number of hydrogen-bond acceptors (Lipinski definition) is 3. The molecule has 0 aliphatic carbocycles. The molecular formula is C14H11ClFIN2O2. The lowest BCUT2D eigenvalue weighted by molar-refractivity contribution is 0.471. The van der Waals surface area contributed by atoms with Gasteiger partial charge in [0.1, 0.15) is 11.4 Å². The Bertz CT molecular complexity index is 761. The molecule has 0 aromatic carbocycles. The molecule has 4 nitrogen and oxygen atoms in total. The first-order valence-electron chi connectivity index (χ1n) is 6.01. The average Bonchev–Trinajstić information content (AvgIpc) is 2.43. The summed E-state index contributed by atoms with van der Waals surface area (Å²) < 4.78 is 15.9. The average molecular weight is 421 g/mol. The SMILES string of the molecule is C=CCCc1cc(O)cc(=O)n1-c1c(I)cnc(Cl)c1F. The molecule has 0 bridgehead atoms. The minimum Gasteiger partial charge on any atom is -0.508 e. The fraction of sp³-hybridized carbons (Fsp3) is 0.143. The predicted octanol–water partition coefficient (Wildman–Crippen LogP) is 3.45. The van der Waals surface area contributed by atoms with Gasteiger partial charge in [-0.2, -0.15) is 0 Å². The van der Waals surface area contributed by atoms with Gasteiger partial charge in [-0.15, -0.1) is 6.58 Å². The maximum absolute atomic E-state index is 14.3. The highest BCUT2D eigenvalue weighted by Crippen LogP contribution is 2.26. The third-order valence-electron chi connectivity index (χ3n) is 2.83. The van der Waals surface area contributed by atoms with E-state index in [0.29, 0.717) is 22.1 Å². The number of aromatic hydroxyl groups is 1. The highest BCUT2D eigenvalue weighted by atomic mass is 127. The molecule has 0 radical (unpaired) electrons. The van der Waals surface area contributed by atoms with E-state index in [1.54, 1.807) is 6.08 Å². The smallest absolute Gasteiger partial charge is 0.259 e. The molecule has 0 saturated carbocycles. The van der Waals surface area contributed by atoms with Gasteiger partial charge < -0.3 is 5.11 Å². The molecule has 0 aliphatic heterocycles. The molecule has 0 atom stereocenters. The first-order chi connectivity index (χ1) is 9.95. The van der Waals surface area contributed by atoms with Crippen LogP contribution in [0.3, 0.4) is 0 Å². The molecule has 2 aromatic heterocycles. The lowest BCUT2D eigenvalue weighted by Gasteiger charge is -2.15. The summed E-state index contributed by atoms with van der Waals surface area (Å²) >= 11 is 7.59. The number of pyridine rings is 2. The molecule has 2 heterocycles. The van der Waals surface area contributed by atoms with Crippen molar-refractivity contribution in [3.63, 3.8) is 0 Å². The molecule has 0 fully saturated rings. The third kappa shape index (κ3) is 3.26. The van der Waals surface area contributed by atoms with Crippen molar-refractivity contribution in [3.8, 4) is 11.4 Å². The van der Waals surface area contributed by atoms with E-state index in [0.717, 1.165) is 6.07 Å². The molecule has 0 aliphatic rings. The zero-order valence-corrected chi connectivity index (χ0v) is 13.7. The van der Waals surface area contributed by atoms with Gasteiger partial charge in [0, 0.05) is 24.0 Å². The van der Waals surface area contributed by atoms with Crippen LogP contribution >= 0.6 is 34.2 Å². The van der Waals surface area contributed by atoms with Crippen LogP contribution in [-0.4, -0.2) is 14.7 Å². The lowest BCUT2D eigenvalue weighted by Crippen LogP contribution is -2.23. The highest BCUT2D eigenvalue weighted by molar-refractivity contribution is 14.1. The van der Waals surface area contributed by atoms with E-state index in [4.69, 9.17) is 11.6 Å². The van der Waals surface area contributed by atoms with E-state index in [9.17, 15) is 14.3 Å². The van der Waals surface area contributed by atoms with Crippen LogP contribution in [-0.2, 0) is 6.42 Å². The minimum atomic E-state index is -0.767. The largest absolute Gasteiger partial charge is 0.508 e. The molecule has 0 amide bonds. The number of aromatic nitrogens is 2. The van der Waals surface area contributed by atoms with E-state index in [-0.39, 0.29) is 16.6 Å². The van der Waals surface area contributed by atoms with Crippen LogP contribution in [0.15, 0.2) is 35.8 Å². The number of rotatable bonds is 4. The Kier molecular flexibility index (Phi) is 5.00. The van der Waals surface area contributed by atoms with Crippen molar-refractivity contribution in [1.29, 1.82) is 0 Å². The molecular weight excluding hydrogens is 410 g/mol. The van der Waals surface area contributed by atoms with Crippen LogP contribution in [0.2, 0.25) is 5.15 Å². The van der Waals surface area contributed by atoms with Crippen molar-refractivity contribution in [2.75, 3.05) is 0 Å². The molecule has 0 spiro atoms. The number of halogens is 3. The van der Waals surface area contributed by atoms with Gasteiger partial charge in [0.25, 0.3) is 5.56 Å². The summed E-state index contributed by atoms with van der Waals surface area (Å²) in [5.41, 5.74) is -0.0215. The van der Waals surface area contributed by atoms with Crippen molar-refractivity contribution in [3.05, 3.63) is 61.6 Å². The fourth-order valence-corrected chi connectivity index (χ4v) is 2.69. The van der Waals surface area contributed by atoms with E-state index >= 15 is 0 Å². The summed E-state index contributed by atoms with van der Waals surface area (Å²) in [4.78, 5) is 15.9. The van der Waals surface area contributed by atoms with Gasteiger partial charge in [-0.25, -0.2) is 9.37 Å². The van der Waals surface area contributed by atoms with Gasteiger partial charge in [0.2, 0.25) is 0 Å². The zero-order chi connectivity index (χ0) is 15.6. The fourth-order valence-electron chi connectivity index (χ4n) is 1.94. The lowest BCUT2D eigenvalue weighted by atomic mass is 10.2. The van der Waals surface area contributed by atoms with Gasteiger partial charge in [0.05, 0.1) is 3.57 Å². The predicted molar refractivity (Wildman–Crippen MR) is 87.7 cm³/mol. The first-order valence-corrected chi connectivity index (χ1v) is 7.47. The Balaban J connectivity index is 2.77. The zero-order valence-electron chi connectivity index (χ0n) is 10.8. The summed E-state index contributed by atoms with van der Waals surface area (Å²) in [5.74, 6) is -0.929. The molecule has 2 rings (SSSR count). The van der Waals surface area contributed by atoms with E-state index in [1.807, 2.05) is 22.6 Å². The van der Waals surface area contributed by atoms with Gasteiger partial charge >= 0.3 is 0 Å². The third-order valence-corrected chi connectivity index (χ3v) is 3.88. The van der Waals surface area contributed by atoms with Crippen molar-refractivity contribution in [1.82, 2.24) is 9.55 Å². The number of hydrogen-bond donors (Lipinski definition) is 1. The Labute approximate surface area is 139 Å². The second-order valence-corrected chi connectivity index (χ2v) is 5.79. The van der Waals surface area contributed by atoms with Crippen molar-refractivity contribution in [2.24, 2.45) is 0 Å². The summed E-state index contributed by atoms with van der Waals surface area (Å²) in [6, 6.07) is 2.45. The maximum atomic E-state index is 14.3.